The van der Waals surface area contributed by atoms with Crippen LogP contribution in [-0.2, 0) is 0 Å². The van der Waals surface area contributed by atoms with E-state index in [0.717, 1.165) is 32.0 Å². The molecule has 1 saturated carbocycles. The molecular weight excluding hydrogens is 252 g/mol. The summed E-state index contributed by atoms with van der Waals surface area (Å²) < 4.78 is 0. The van der Waals surface area contributed by atoms with Crippen molar-refractivity contribution in [2.24, 2.45) is 0 Å². The largest absolute Gasteiger partial charge is 0.331 e. The Morgan fingerprint density at radius 1 is 1.00 bits per heavy atom. The number of hydrogen-bond donors (Lipinski definition) is 1. The van der Waals surface area contributed by atoms with Gasteiger partial charge in [0.25, 0.3) is 0 Å². The minimum atomic E-state index is 0.157. The van der Waals surface area contributed by atoms with Crippen LogP contribution >= 0.6 is 0 Å². The molecule has 2 saturated heterocycles. The summed E-state index contributed by atoms with van der Waals surface area (Å²) in [5.41, 5.74) is 0. The predicted octanol–water partition coefficient (Wildman–Crippen LogP) is 0.959. The molecule has 2 amide bonds. The van der Waals surface area contributed by atoms with E-state index in [1.807, 2.05) is 19.0 Å². The maximum absolute atomic E-state index is 11.9. The predicted molar refractivity (Wildman–Crippen MR) is 79.8 cm³/mol. The molecule has 2 heterocycles. The number of nitrogens with zero attached hydrogens (tertiary/aromatic N) is 3. The first kappa shape index (κ1) is 14.1. The fourth-order valence-electron chi connectivity index (χ4n) is 3.55. The van der Waals surface area contributed by atoms with E-state index >= 15 is 0 Å². The lowest BCUT2D eigenvalue weighted by Gasteiger charge is -2.35. The topological polar surface area (TPSA) is 38.8 Å². The number of amides is 2. The van der Waals surface area contributed by atoms with Gasteiger partial charge in [0.05, 0.1) is 0 Å². The molecule has 0 radical (unpaired) electrons. The molecule has 1 atom stereocenters. The Hall–Kier alpha value is -0.810. The number of hydrogen-bond acceptors (Lipinski definition) is 3. The Morgan fingerprint density at radius 2 is 1.65 bits per heavy atom. The van der Waals surface area contributed by atoms with Crippen LogP contribution in [0.4, 0.5) is 4.79 Å². The number of nitrogens with one attached hydrogen (secondary N) is 1. The van der Waals surface area contributed by atoms with Crippen molar-refractivity contribution >= 4 is 6.03 Å². The second kappa shape index (κ2) is 5.90. The van der Waals surface area contributed by atoms with Crippen LogP contribution in [0.25, 0.3) is 0 Å². The molecule has 0 spiro atoms. The van der Waals surface area contributed by atoms with E-state index in [-0.39, 0.29) is 6.03 Å². The van der Waals surface area contributed by atoms with Gasteiger partial charge in [0.15, 0.2) is 0 Å². The molecule has 20 heavy (non-hydrogen) atoms. The van der Waals surface area contributed by atoms with Gasteiger partial charge < -0.3 is 15.1 Å². The lowest BCUT2D eigenvalue weighted by Crippen LogP contribution is -2.50. The van der Waals surface area contributed by atoms with Gasteiger partial charge in [-0.25, -0.2) is 4.79 Å². The third-order valence-corrected chi connectivity index (χ3v) is 4.90. The monoisotopic (exact) mass is 280 g/mol. The first-order chi connectivity index (χ1) is 9.63. The molecule has 0 aromatic rings. The Balaban J connectivity index is 1.39. The Morgan fingerprint density at radius 3 is 2.25 bits per heavy atom. The molecular formula is C15H28N4O. The van der Waals surface area contributed by atoms with E-state index in [2.05, 4.69) is 10.2 Å². The second-order valence-electron chi connectivity index (χ2n) is 6.82. The highest BCUT2D eigenvalue weighted by atomic mass is 16.2. The molecule has 0 aromatic heterocycles. The Bertz CT molecular complexity index is 348. The van der Waals surface area contributed by atoms with Gasteiger partial charge in [0.2, 0.25) is 0 Å². The Labute approximate surface area is 122 Å². The molecule has 1 unspecified atom stereocenters. The second-order valence-corrected chi connectivity index (χ2v) is 6.82. The van der Waals surface area contributed by atoms with E-state index in [1.54, 1.807) is 4.90 Å². The van der Waals surface area contributed by atoms with Crippen molar-refractivity contribution < 1.29 is 4.79 Å². The summed E-state index contributed by atoms with van der Waals surface area (Å²) in [5.74, 6) is 0. The van der Waals surface area contributed by atoms with Gasteiger partial charge in [0, 0.05) is 58.4 Å². The number of carbonyl (C=O) groups is 1. The average molecular weight is 280 g/mol. The molecule has 3 rings (SSSR count). The van der Waals surface area contributed by atoms with Crippen LogP contribution in [-0.4, -0.2) is 79.1 Å². The summed E-state index contributed by atoms with van der Waals surface area (Å²) in [5, 5.41) is 3.83. The van der Waals surface area contributed by atoms with Crippen molar-refractivity contribution in [3.8, 4) is 0 Å². The van der Waals surface area contributed by atoms with Crippen LogP contribution in [0, 0.1) is 0 Å². The highest BCUT2D eigenvalue weighted by Gasteiger charge is 2.35. The minimum Gasteiger partial charge on any atom is -0.331 e. The highest BCUT2D eigenvalue weighted by molar-refractivity contribution is 5.73. The fraction of sp³-hybridized carbons (Fsp3) is 0.933. The van der Waals surface area contributed by atoms with Gasteiger partial charge in [-0.3, -0.25) is 4.90 Å². The van der Waals surface area contributed by atoms with Crippen molar-refractivity contribution in [2.75, 3.05) is 40.3 Å². The normalized spacial score (nSPS) is 28.9. The lowest BCUT2D eigenvalue weighted by atomic mass is 10.0. The lowest BCUT2D eigenvalue weighted by molar-refractivity contribution is 0.150. The number of carbonyl (C=O) groups excluding carboxylic acids is 1. The summed E-state index contributed by atoms with van der Waals surface area (Å²) in [6, 6.07) is 2.34. The molecule has 1 N–H and O–H groups in total. The zero-order chi connectivity index (χ0) is 14.1. The maximum Gasteiger partial charge on any atom is 0.319 e. The van der Waals surface area contributed by atoms with E-state index in [1.165, 1.54) is 32.4 Å². The van der Waals surface area contributed by atoms with Crippen LogP contribution in [0.2, 0.25) is 0 Å². The molecule has 2 aliphatic heterocycles. The third kappa shape index (κ3) is 3.26. The van der Waals surface area contributed by atoms with Crippen LogP contribution < -0.4 is 5.32 Å². The van der Waals surface area contributed by atoms with Crippen LogP contribution in [0.15, 0.2) is 0 Å². The molecule has 1 aliphatic carbocycles. The van der Waals surface area contributed by atoms with Crippen molar-refractivity contribution in [1.29, 1.82) is 0 Å². The maximum atomic E-state index is 11.9. The summed E-state index contributed by atoms with van der Waals surface area (Å²) in [7, 11) is 3.66. The van der Waals surface area contributed by atoms with E-state index < -0.39 is 0 Å². The van der Waals surface area contributed by atoms with Crippen molar-refractivity contribution in [1.82, 2.24) is 20.0 Å². The molecule has 3 aliphatic rings. The fourth-order valence-corrected chi connectivity index (χ4v) is 3.55. The summed E-state index contributed by atoms with van der Waals surface area (Å²) >= 11 is 0. The van der Waals surface area contributed by atoms with Crippen molar-refractivity contribution in [3.63, 3.8) is 0 Å². The smallest absolute Gasteiger partial charge is 0.319 e. The number of urea groups is 1. The first-order valence-electron chi connectivity index (χ1n) is 8.10. The summed E-state index contributed by atoms with van der Waals surface area (Å²) in [6.07, 6.45) is 6.32. The van der Waals surface area contributed by atoms with Crippen molar-refractivity contribution in [2.45, 2.75) is 50.2 Å². The van der Waals surface area contributed by atoms with Crippen molar-refractivity contribution in [3.05, 3.63) is 0 Å². The Kier molecular flexibility index (Phi) is 4.17. The summed E-state index contributed by atoms with van der Waals surface area (Å²) in [6.45, 7) is 4.31. The summed E-state index contributed by atoms with van der Waals surface area (Å²) in [4.78, 5) is 18.2. The third-order valence-electron chi connectivity index (χ3n) is 4.90. The van der Waals surface area contributed by atoms with Crippen LogP contribution in [0.5, 0.6) is 0 Å². The zero-order valence-electron chi connectivity index (χ0n) is 12.8. The van der Waals surface area contributed by atoms with Gasteiger partial charge in [0.1, 0.15) is 0 Å². The SMILES string of the molecule is CN(C)C(=O)N1CCC(NC2CCN(C3CC3)C2)CC1. The molecule has 5 heteroatoms. The van der Waals surface area contributed by atoms with E-state index in [9.17, 15) is 4.79 Å². The van der Waals surface area contributed by atoms with E-state index in [4.69, 9.17) is 0 Å². The van der Waals surface area contributed by atoms with Crippen LogP contribution in [0.1, 0.15) is 32.1 Å². The van der Waals surface area contributed by atoms with Gasteiger partial charge >= 0.3 is 6.03 Å². The highest BCUT2D eigenvalue weighted by Crippen LogP contribution is 2.30. The van der Waals surface area contributed by atoms with Gasteiger partial charge in [-0.15, -0.1) is 0 Å². The standard InChI is InChI=1S/C15H28N4O/c1-17(2)15(20)18-8-5-12(6-9-18)16-13-7-10-19(11-13)14-3-4-14/h12-14,16H,3-11H2,1-2H3. The molecule has 3 fully saturated rings. The molecule has 5 nitrogen and oxygen atoms in total. The van der Waals surface area contributed by atoms with Gasteiger partial charge in [-0.2, -0.15) is 0 Å². The minimum absolute atomic E-state index is 0.157. The molecule has 0 bridgehead atoms. The zero-order valence-corrected chi connectivity index (χ0v) is 12.8. The molecule has 114 valence electrons. The van der Waals surface area contributed by atoms with E-state index in [0.29, 0.717) is 12.1 Å². The molecule has 0 aromatic carbocycles. The number of piperidine rings is 1. The number of rotatable bonds is 3. The average Bonchev–Trinajstić information content (AvgIpc) is 3.20. The number of likely N-dealkylation sites (tertiary alicyclic amines) is 2. The van der Waals surface area contributed by atoms with Gasteiger partial charge in [-0.05, 0) is 32.1 Å². The van der Waals surface area contributed by atoms with Gasteiger partial charge in [-0.1, -0.05) is 0 Å². The quantitative estimate of drug-likeness (QED) is 0.837. The van der Waals surface area contributed by atoms with Crippen LogP contribution in [0.3, 0.4) is 0 Å². The first-order valence-corrected chi connectivity index (χ1v) is 8.10.